The molecule has 0 saturated carbocycles. The lowest BCUT2D eigenvalue weighted by Crippen LogP contribution is -2.10. The van der Waals surface area contributed by atoms with E-state index in [1.165, 1.54) is 0 Å². The van der Waals surface area contributed by atoms with Gasteiger partial charge in [-0.1, -0.05) is 12.1 Å². The molecule has 4 rings (SSSR count). The summed E-state index contributed by atoms with van der Waals surface area (Å²) in [6.45, 7) is 1.99. The summed E-state index contributed by atoms with van der Waals surface area (Å²) in [5.41, 5.74) is 3.97. The zero-order valence-corrected chi connectivity index (χ0v) is 14.2. The molecule has 25 heavy (non-hydrogen) atoms. The number of rotatable bonds is 3. The van der Waals surface area contributed by atoms with Gasteiger partial charge in [-0.05, 0) is 48.4 Å². The summed E-state index contributed by atoms with van der Waals surface area (Å²) in [4.78, 5) is 12.2. The quantitative estimate of drug-likeness (QED) is 0.624. The fourth-order valence-corrected chi connectivity index (χ4v) is 3.16. The number of H-pyrrole nitrogens is 1. The Morgan fingerprint density at radius 2 is 1.92 bits per heavy atom. The van der Waals surface area contributed by atoms with E-state index < -0.39 is 0 Å². The van der Waals surface area contributed by atoms with E-state index in [1.807, 2.05) is 49.4 Å². The van der Waals surface area contributed by atoms with Crippen molar-refractivity contribution in [3.05, 3.63) is 58.5 Å². The smallest absolute Gasteiger partial charge is 0.348 e. The van der Waals surface area contributed by atoms with Crippen LogP contribution in [0.5, 0.6) is 11.5 Å². The second kappa shape index (κ2) is 5.66. The van der Waals surface area contributed by atoms with Crippen molar-refractivity contribution in [1.82, 2.24) is 14.6 Å². The Morgan fingerprint density at radius 1 is 1.08 bits per heavy atom. The van der Waals surface area contributed by atoms with E-state index in [0.717, 1.165) is 39.1 Å². The van der Waals surface area contributed by atoms with Crippen molar-refractivity contribution in [2.24, 2.45) is 0 Å². The van der Waals surface area contributed by atoms with E-state index in [2.05, 4.69) is 10.2 Å². The number of hydrogen-bond donors (Lipinski definition) is 1. The average molecular weight is 335 g/mol. The van der Waals surface area contributed by atoms with Gasteiger partial charge in [0.2, 0.25) is 0 Å². The Labute approximate surface area is 143 Å². The highest BCUT2D eigenvalue weighted by atomic mass is 16.5. The Balaban J connectivity index is 2.11. The van der Waals surface area contributed by atoms with Gasteiger partial charge in [0.05, 0.1) is 19.7 Å². The van der Waals surface area contributed by atoms with Gasteiger partial charge in [-0.15, -0.1) is 0 Å². The largest absolute Gasteiger partial charge is 0.497 e. The van der Waals surface area contributed by atoms with Gasteiger partial charge < -0.3 is 9.47 Å². The summed E-state index contributed by atoms with van der Waals surface area (Å²) in [5.74, 6) is 1.49. The summed E-state index contributed by atoms with van der Waals surface area (Å²) in [6.07, 6.45) is 0. The average Bonchev–Trinajstić information content (AvgIpc) is 3.01. The lowest BCUT2D eigenvalue weighted by atomic mass is 10.00. The maximum absolute atomic E-state index is 12.2. The van der Waals surface area contributed by atoms with Crippen molar-refractivity contribution in [3.8, 4) is 22.6 Å². The number of aryl methyl sites for hydroxylation is 1. The van der Waals surface area contributed by atoms with Gasteiger partial charge in [0.1, 0.15) is 11.5 Å². The van der Waals surface area contributed by atoms with Crippen LogP contribution < -0.4 is 15.2 Å². The molecule has 2 aromatic carbocycles. The Kier molecular flexibility index (Phi) is 3.46. The van der Waals surface area contributed by atoms with E-state index in [0.29, 0.717) is 5.65 Å². The minimum atomic E-state index is -0.262. The van der Waals surface area contributed by atoms with E-state index >= 15 is 0 Å². The highest BCUT2D eigenvalue weighted by Gasteiger charge is 2.14. The molecule has 0 unspecified atom stereocenters. The SMILES string of the molecule is COc1cccc(-c2cc3c(cc2OC)c(C)cc2n[nH]c(=O)n23)c1. The molecule has 1 N–H and O–H groups in total. The number of aromatic nitrogens is 3. The summed E-state index contributed by atoms with van der Waals surface area (Å²) >= 11 is 0. The summed E-state index contributed by atoms with van der Waals surface area (Å²) < 4.78 is 12.5. The minimum absolute atomic E-state index is 0.262. The molecule has 0 bridgehead atoms. The molecule has 0 atom stereocenters. The molecule has 0 aliphatic heterocycles. The van der Waals surface area contributed by atoms with Crippen LogP contribution in [-0.2, 0) is 0 Å². The Hall–Kier alpha value is -3.28. The van der Waals surface area contributed by atoms with E-state index in [4.69, 9.17) is 9.47 Å². The van der Waals surface area contributed by atoms with E-state index in [-0.39, 0.29) is 5.69 Å². The number of nitrogens with one attached hydrogen (secondary N) is 1. The lowest BCUT2D eigenvalue weighted by Gasteiger charge is -2.13. The van der Waals surface area contributed by atoms with Crippen LogP contribution in [-0.4, -0.2) is 28.8 Å². The first-order chi connectivity index (χ1) is 12.1. The van der Waals surface area contributed by atoms with Gasteiger partial charge in [-0.2, -0.15) is 5.10 Å². The molecule has 0 fully saturated rings. The lowest BCUT2D eigenvalue weighted by molar-refractivity contribution is 0.414. The molecule has 0 amide bonds. The van der Waals surface area contributed by atoms with Gasteiger partial charge in [-0.25, -0.2) is 14.3 Å². The number of benzene rings is 2. The number of fused-ring (bicyclic) bond motifs is 3. The van der Waals surface area contributed by atoms with Crippen molar-refractivity contribution >= 4 is 16.6 Å². The maximum Gasteiger partial charge on any atom is 0.348 e. The first-order valence-electron chi connectivity index (χ1n) is 7.85. The molecular formula is C19H17N3O3. The second-order valence-electron chi connectivity index (χ2n) is 5.85. The van der Waals surface area contributed by atoms with Gasteiger partial charge in [-0.3, -0.25) is 0 Å². The van der Waals surface area contributed by atoms with Crippen LogP contribution in [0.15, 0.2) is 47.3 Å². The normalized spacial score (nSPS) is 11.2. The Bertz CT molecular complexity index is 1160. The predicted octanol–water partition coefficient (Wildman–Crippen LogP) is 3.17. The van der Waals surface area contributed by atoms with Gasteiger partial charge in [0, 0.05) is 10.9 Å². The molecule has 0 aliphatic rings. The number of ether oxygens (including phenoxy) is 2. The van der Waals surface area contributed by atoms with Crippen LogP contribution in [0, 0.1) is 6.92 Å². The van der Waals surface area contributed by atoms with Crippen LogP contribution >= 0.6 is 0 Å². The molecule has 0 saturated heterocycles. The summed E-state index contributed by atoms with van der Waals surface area (Å²) in [5, 5.41) is 7.53. The second-order valence-corrected chi connectivity index (χ2v) is 5.85. The van der Waals surface area contributed by atoms with Crippen molar-refractivity contribution in [3.63, 3.8) is 0 Å². The van der Waals surface area contributed by atoms with Crippen molar-refractivity contribution in [2.45, 2.75) is 6.92 Å². The molecule has 126 valence electrons. The Morgan fingerprint density at radius 3 is 2.68 bits per heavy atom. The first-order valence-corrected chi connectivity index (χ1v) is 7.85. The fraction of sp³-hybridized carbons (Fsp3) is 0.158. The third kappa shape index (κ3) is 2.34. The molecule has 0 spiro atoms. The van der Waals surface area contributed by atoms with Crippen molar-refractivity contribution < 1.29 is 9.47 Å². The zero-order valence-electron chi connectivity index (χ0n) is 14.2. The van der Waals surface area contributed by atoms with Gasteiger partial charge in [0.15, 0.2) is 5.65 Å². The number of nitrogens with zero attached hydrogens (tertiary/aromatic N) is 2. The highest BCUT2D eigenvalue weighted by molar-refractivity contribution is 5.92. The molecule has 6 nitrogen and oxygen atoms in total. The molecular weight excluding hydrogens is 318 g/mol. The summed E-state index contributed by atoms with van der Waals surface area (Å²) in [6, 6.07) is 13.5. The highest BCUT2D eigenvalue weighted by Crippen LogP contribution is 2.36. The molecule has 6 heteroatoms. The van der Waals surface area contributed by atoms with E-state index in [1.54, 1.807) is 18.6 Å². The molecule has 2 aromatic heterocycles. The standard InChI is InChI=1S/C19H17N3O3/c1-11-7-18-20-21-19(23)22(18)16-9-15(17(25-3)10-14(11)16)12-5-4-6-13(8-12)24-2/h4-10H,1-3H3,(H,21,23). The minimum Gasteiger partial charge on any atom is -0.497 e. The fourth-order valence-electron chi connectivity index (χ4n) is 3.16. The number of aromatic amines is 1. The number of pyridine rings is 1. The molecule has 4 aromatic rings. The maximum atomic E-state index is 12.2. The van der Waals surface area contributed by atoms with Gasteiger partial charge >= 0.3 is 5.69 Å². The predicted molar refractivity (Wildman–Crippen MR) is 96.6 cm³/mol. The zero-order chi connectivity index (χ0) is 17.6. The van der Waals surface area contributed by atoms with Crippen LogP contribution in [0.4, 0.5) is 0 Å². The van der Waals surface area contributed by atoms with E-state index in [9.17, 15) is 4.79 Å². The van der Waals surface area contributed by atoms with Crippen LogP contribution in [0.3, 0.4) is 0 Å². The molecule has 2 heterocycles. The third-order valence-electron chi connectivity index (χ3n) is 4.41. The van der Waals surface area contributed by atoms with Crippen LogP contribution in [0.1, 0.15) is 5.56 Å². The van der Waals surface area contributed by atoms with Gasteiger partial charge in [0.25, 0.3) is 0 Å². The number of methoxy groups -OCH3 is 2. The van der Waals surface area contributed by atoms with Crippen molar-refractivity contribution in [2.75, 3.05) is 14.2 Å². The molecule has 0 aliphatic carbocycles. The third-order valence-corrected chi connectivity index (χ3v) is 4.41. The topological polar surface area (TPSA) is 68.6 Å². The van der Waals surface area contributed by atoms with Crippen molar-refractivity contribution in [1.29, 1.82) is 0 Å². The van der Waals surface area contributed by atoms with Crippen LogP contribution in [0.2, 0.25) is 0 Å². The summed E-state index contributed by atoms with van der Waals surface area (Å²) in [7, 11) is 3.28. The molecule has 0 radical (unpaired) electrons. The van der Waals surface area contributed by atoms with Crippen LogP contribution in [0.25, 0.3) is 27.7 Å². The first kappa shape index (κ1) is 15.3. The monoisotopic (exact) mass is 335 g/mol. The number of hydrogen-bond acceptors (Lipinski definition) is 4.